The molecule has 100 valence electrons. The molecule has 0 saturated carbocycles. The van der Waals surface area contributed by atoms with Gasteiger partial charge in [-0.2, -0.15) is 0 Å². The molecule has 0 bridgehead atoms. The van der Waals surface area contributed by atoms with Gasteiger partial charge in [-0.3, -0.25) is 0 Å². The van der Waals surface area contributed by atoms with Crippen LogP contribution >= 0.6 is 0 Å². The molecule has 2 nitrogen and oxygen atoms in total. The summed E-state index contributed by atoms with van der Waals surface area (Å²) < 4.78 is 5.16. The molecule has 0 fully saturated rings. The van der Waals surface area contributed by atoms with E-state index in [4.69, 9.17) is 4.74 Å². The fraction of sp³-hybridized carbons (Fsp3) is 0.500. The number of nitrogens with one attached hydrogen (secondary N) is 1. The first-order chi connectivity index (χ1) is 8.56. The first kappa shape index (κ1) is 14.6. The summed E-state index contributed by atoms with van der Waals surface area (Å²) in [5.74, 6) is 2.01. The molecule has 0 amide bonds. The summed E-state index contributed by atoms with van der Waals surface area (Å²) in [6, 6.07) is 8.55. The fourth-order valence-electron chi connectivity index (χ4n) is 1.90. The second-order valence-electron chi connectivity index (χ2n) is 5.17. The molecule has 18 heavy (non-hydrogen) atoms. The van der Waals surface area contributed by atoms with Crippen molar-refractivity contribution in [3.8, 4) is 5.75 Å². The SMILES string of the molecule is C=C[C@@H](C)C[C@@H](Nc1ccc(OC)cc1)C(C)C. The number of anilines is 1. The normalized spacial score (nSPS) is 14.1. The van der Waals surface area contributed by atoms with E-state index >= 15 is 0 Å². The number of hydrogen-bond acceptors (Lipinski definition) is 2. The van der Waals surface area contributed by atoms with Crippen molar-refractivity contribution in [2.45, 2.75) is 33.2 Å². The van der Waals surface area contributed by atoms with Crippen LogP contribution in [0.5, 0.6) is 5.75 Å². The number of ether oxygens (including phenoxy) is 1. The minimum Gasteiger partial charge on any atom is -0.497 e. The van der Waals surface area contributed by atoms with Crippen LogP contribution in [-0.2, 0) is 0 Å². The minimum absolute atomic E-state index is 0.464. The summed E-state index contributed by atoms with van der Waals surface area (Å²) in [7, 11) is 1.69. The van der Waals surface area contributed by atoms with Crippen molar-refractivity contribution >= 4 is 5.69 Å². The molecule has 0 saturated heterocycles. The van der Waals surface area contributed by atoms with Crippen LogP contribution in [0.1, 0.15) is 27.2 Å². The van der Waals surface area contributed by atoms with Gasteiger partial charge in [0.05, 0.1) is 7.11 Å². The molecule has 0 aliphatic rings. The van der Waals surface area contributed by atoms with E-state index in [0.29, 0.717) is 17.9 Å². The van der Waals surface area contributed by atoms with Crippen molar-refractivity contribution in [2.75, 3.05) is 12.4 Å². The van der Waals surface area contributed by atoms with Gasteiger partial charge >= 0.3 is 0 Å². The lowest BCUT2D eigenvalue weighted by Gasteiger charge is -2.25. The molecule has 2 heteroatoms. The Bertz CT molecular complexity index is 356. The van der Waals surface area contributed by atoms with Crippen molar-refractivity contribution < 1.29 is 4.74 Å². The Morgan fingerprint density at radius 3 is 2.28 bits per heavy atom. The first-order valence-electron chi connectivity index (χ1n) is 6.60. The largest absolute Gasteiger partial charge is 0.497 e. The molecule has 2 atom stereocenters. The molecular weight excluding hydrogens is 222 g/mol. The number of hydrogen-bond donors (Lipinski definition) is 1. The highest BCUT2D eigenvalue weighted by Crippen LogP contribution is 2.21. The van der Waals surface area contributed by atoms with E-state index in [1.54, 1.807) is 7.11 Å². The molecule has 0 radical (unpaired) electrons. The molecule has 0 aliphatic carbocycles. The predicted molar refractivity (Wildman–Crippen MR) is 79.2 cm³/mol. The summed E-state index contributed by atoms with van der Waals surface area (Å²) in [6.07, 6.45) is 3.12. The predicted octanol–water partition coefficient (Wildman–Crippen LogP) is 4.34. The molecule has 1 aromatic rings. The highest BCUT2D eigenvalue weighted by molar-refractivity contribution is 5.47. The van der Waals surface area contributed by atoms with Crippen LogP contribution in [0.3, 0.4) is 0 Å². The Morgan fingerprint density at radius 1 is 1.22 bits per heavy atom. The van der Waals surface area contributed by atoms with Crippen molar-refractivity contribution in [2.24, 2.45) is 11.8 Å². The molecule has 1 rings (SSSR count). The maximum atomic E-state index is 5.16. The molecule has 0 unspecified atom stereocenters. The van der Waals surface area contributed by atoms with Gasteiger partial charge in [0, 0.05) is 11.7 Å². The summed E-state index contributed by atoms with van der Waals surface area (Å²) in [6.45, 7) is 10.6. The quantitative estimate of drug-likeness (QED) is 0.723. The zero-order valence-electron chi connectivity index (χ0n) is 11.9. The topological polar surface area (TPSA) is 21.3 Å². The van der Waals surface area contributed by atoms with E-state index in [0.717, 1.165) is 17.9 Å². The lowest BCUT2D eigenvalue weighted by molar-refractivity contribution is 0.414. The summed E-state index contributed by atoms with van der Waals surface area (Å²) in [5, 5.41) is 3.59. The smallest absolute Gasteiger partial charge is 0.119 e. The van der Waals surface area contributed by atoms with Crippen molar-refractivity contribution in [3.63, 3.8) is 0 Å². The first-order valence-corrected chi connectivity index (χ1v) is 6.60. The number of rotatable bonds is 7. The lowest BCUT2D eigenvalue weighted by atomic mass is 9.93. The average Bonchev–Trinajstić information content (AvgIpc) is 2.38. The van der Waals surface area contributed by atoms with Gasteiger partial charge in [-0.25, -0.2) is 0 Å². The van der Waals surface area contributed by atoms with Crippen LogP contribution in [0.2, 0.25) is 0 Å². The third-order valence-electron chi connectivity index (χ3n) is 3.27. The van der Waals surface area contributed by atoms with Gasteiger partial charge in [0.15, 0.2) is 0 Å². The van der Waals surface area contributed by atoms with E-state index in [1.165, 1.54) is 0 Å². The van der Waals surface area contributed by atoms with Crippen molar-refractivity contribution in [1.82, 2.24) is 0 Å². The van der Waals surface area contributed by atoms with E-state index in [-0.39, 0.29) is 0 Å². The fourth-order valence-corrected chi connectivity index (χ4v) is 1.90. The van der Waals surface area contributed by atoms with E-state index in [9.17, 15) is 0 Å². The summed E-state index contributed by atoms with van der Waals surface area (Å²) in [5.41, 5.74) is 1.14. The van der Waals surface area contributed by atoms with Gasteiger partial charge < -0.3 is 10.1 Å². The Balaban J connectivity index is 2.67. The van der Waals surface area contributed by atoms with Gasteiger partial charge in [-0.1, -0.05) is 26.8 Å². The van der Waals surface area contributed by atoms with E-state index < -0.39 is 0 Å². The molecule has 0 aliphatic heterocycles. The molecule has 1 aromatic carbocycles. The Labute approximate surface area is 111 Å². The standard InChI is InChI=1S/C16H25NO/c1-6-13(4)11-16(12(2)3)17-14-7-9-15(18-5)10-8-14/h6-10,12-13,16-17H,1,11H2,2-5H3/t13-,16-/m1/s1. The molecule has 1 N–H and O–H groups in total. The van der Waals surface area contributed by atoms with Crippen LogP contribution in [0, 0.1) is 11.8 Å². The van der Waals surface area contributed by atoms with Crippen LogP contribution in [0.25, 0.3) is 0 Å². The van der Waals surface area contributed by atoms with Crippen molar-refractivity contribution in [1.29, 1.82) is 0 Å². The van der Waals surface area contributed by atoms with Crippen LogP contribution in [0.15, 0.2) is 36.9 Å². The van der Waals surface area contributed by atoms with Gasteiger partial charge in [0.2, 0.25) is 0 Å². The Hall–Kier alpha value is -1.44. The number of benzene rings is 1. The highest BCUT2D eigenvalue weighted by Gasteiger charge is 2.15. The maximum Gasteiger partial charge on any atom is 0.119 e. The van der Waals surface area contributed by atoms with Gasteiger partial charge in [0.1, 0.15) is 5.75 Å². The molecule has 0 spiro atoms. The third kappa shape index (κ3) is 4.44. The van der Waals surface area contributed by atoms with E-state index in [2.05, 4.69) is 44.8 Å². The number of methoxy groups -OCH3 is 1. The monoisotopic (exact) mass is 247 g/mol. The van der Waals surface area contributed by atoms with Gasteiger partial charge in [-0.15, -0.1) is 6.58 Å². The molecule has 0 aromatic heterocycles. The Morgan fingerprint density at radius 2 is 1.83 bits per heavy atom. The van der Waals surface area contributed by atoms with Crippen molar-refractivity contribution in [3.05, 3.63) is 36.9 Å². The van der Waals surface area contributed by atoms with Gasteiger partial charge in [0.25, 0.3) is 0 Å². The Kier molecular flexibility index (Phi) is 5.76. The third-order valence-corrected chi connectivity index (χ3v) is 3.27. The second kappa shape index (κ2) is 7.10. The minimum atomic E-state index is 0.464. The van der Waals surface area contributed by atoms with E-state index in [1.807, 2.05) is 18.2 Å². The molecular formula is C16H25NO. The van der Waals surface area contributed by atoms with Crippen LogP contribution < -0.4 is 10.1 Å². The highest BCUT2D eigenvalue weighted by atomic mass is 16.5. The zero-order chi connectivity index (χ0) is 13.5. The zero-order valence-corrected chi connectivity index (χ0v) is 11.9. The summed E-state index contributed by atoms with van der Waals surface area (Å²) >= 11 is 0. The lowest BCUT2D eigenvalue weighted by Crippen LogP contribution is -2.27. The van der Waals surface area contributed by atoms with Crippen LogP contribution in [-0.4, -0.2) is 13.2 Å². The van der Waals surface area contributed by atoms with Crippen LogP contribution in [0.4, 0.5) is 5.69 Å². The summed E-state index contributed by atoms with van der Waals surface area (Å²) in [4.78, 5) is 0. The molecule has 0 heterocycles. The average molecular weight is 247 g/mol. The maximum absolute atomic E-state index is 5.16. The number of allylic oxidation sites excluding steroid dienone is 1. The second-order valence-corrected chi connectivity index (χ2v) is 5.17. The van der Waals surface area contributed by atoms with Gasteiger partial charge in [-0.05, 0) is 42.5 Å².